The topological polar surface area (TPSA) is 34.1 Å². The molecular formula is C14H24O2S. The van der Waals surface area contributed by atoms with Gasteiger partial charge in [0, 0.05) is 6.26 Å². The van der Waals surface area contributed by atoms with Crippen molar-refractivity contribution in [2.45, 2.75) is 39.0 Å². The van der Waals surface area contributed by atoms with Crippen molar-refractivity contribution in [1.29, 1.82) is 0 Å². The quantitative estimate of drug-likeness (QED) is 0.778. The molecule has 0 aromatic rings. The molecule has 3 aliphatic carbocycles. The van der Waals surface area contributed by atoms with Crippen LogP contribution in [-0.2, 0) is 9.84 Å². The fourth-order valence-electron chi connectivity index (χ4n) is 5.49. The molecular weight excluding hydrogens is 232 g/mol. The second kappa shape index (κ2) is 3.97. The van der Waals surface area contributed by atoms with Crippen LogP contribution in [0.3, 0.4) is 0 Å². The molecule has 98 valence electrons. The number of hydrogen-bond donors (Lipinski definition) is 0. The Bertz CT molecular complexity index is 400. The molecule has 0 heterocycles. The molecule has 2 nitrogen and oxygen atoms in total. The van der Waals surface area contributed by atoms with E-state index in [2.05, 4.69) is 6.92 Å². The first kappa shape index (κ1) is 12.0. The second-order valence-corrected chi connectivity index (χ2v) is 8.93. The largest absolute Gasteiger partial charge is 0.229 e. The lowest BCUT2D eigenvalue weighted by Crippen LogP contribution is -2.27. The maximum absolute atomic E-state index is 11.6. The average Bonchev–Trinajstić information content (AvgIpc) is 2.86. The molecule has 0 aromatic carbocycles. The molecule has 6 unspecified atom stereocenters. The van der Waals surface area contributed by atoms with Crippen LogP contribution in [0.4, 0.5) is 0 Å². The second-order valence-electron chi connectivity index (χ2n) is 6.74. The van der Waals surface area contributed by atoms with Gasteiger partial charge in [-0.2, -0.15) is 0 Å². The molecule has 17 heavy (non-hydrogen) atoms. The Morgan fingerprint density at radius 3 is 2.12 bits per heavy atom. The van der Waals surface area contributed by atoms with Crippen molar-refractivity contribution in [3.05, 3.63) is 0 Å². The van der Waals surface area contributed by atoms with E-state index in [9.17, 15) is 8.42 Å². The van der Waals surface area contributed by atoms with Gasteiger partial charge in [0.25, 0.3) is 0 Å². The molecule has 2 bridgehead atoms. The van der Waals surface area contributed by atoms with Crippen molar-refractivity contribution in [3.8, 4) is 0 Å². The monoisotopic (exact) mass is 256 g/mol. The highest BCUT2D eigenvalue weighted by molar-refractivity contribution is 7.90. The third-order valence-electron chi connectivity index (χ3n) is 5.78. The number of hydrogen-bond acceptors (Lipinski definition) is 2. The van der Waals surface area contributed by atoms with Crippen molar-refractivity contribution >= 4 is 9.84 Å². The summed E-state index contributed by atoms with van der Waals surface area (Å²) in [7, 11) is -2.79. The van der Waals surface area contributed by atoms with Crippen LogP contribution in [0.2, 0.25) is 0 Å². The van der Waals surface area contributed by atoms with Gasteiger partial charge in [-0.3, -0.25) is 0 Å². The standard InChI is InChI=1S/C14H24O2S/c1-3-9-6-12(8-17(2,15)16)14-11-5-4-10(7-11)13(9)14/h9-14H,3-8H2,1-2H3. The average molecular weight is 256 g/mol. The van der Waals surface area contributed by atoms with Gasteiger partial charge in [0.2, 0.25) is 0 Å². The lowest BCUT2D eigenvalue weighted by Gasteiger charge is -2.30. The molecule has 0 radical (unpaired) electrons. The fourth-order valence-corrected chi connectivity index (χ4v) is 6.62. The molecule has 3 saturated carbocycles. The van der Waals surface area contributed by atoms with Gasteiger partial charge in [0.1, 0.15) is 9.84 Å². The smallest absolute Gasteiger partial charge is 0.147 e. The highest BCUT2D eigenvalue weighted by Crippen LogP contribution is 2.63. The summed E-state index contributed by atoms with van der Waals surface area (Å²) in [4.78, 5) is 0. The molecule has 0 aromatic heterocycles. The van der Waals surface area contributed by atoms with Crippen molar-refractivity contribution in [2.75, 3.05) is 12.0 Å². The minimum Gasteiger partial charge on any atom is -0.229 e. The summed E-state index contributed by atoms with van der Waals surface area (Å²) in [6, 6.07) is 0. The number of rotatable bonds is 3. The van der Waals surface area contributed by atoms with E-state index in [1.54, 1.807) is 0 Å². The van der Waals surface area contributed by atoms with Gasteiger partial charge in [-0.1, -0.05) is 13.3 Å². The minimum atomic E-state index is -2.79. The van der Waals surface area contributed by atoms with E-state index in [0.29, 0.717) is 11.7 Å². The Hall–Kier alpha value is -0.0500. The first-order chi connectivity index (χ1) is 7.99. The van der Waals surface area contributed by atoms with E-state index in [-0.39, 0.29) is 0 Å². The van der Waals surface area contributed by atoms with Crippen LogP contribution in [0.25, 0.3) is 0 Å². The van der Waals surface area contributed by atoms with Crippen molar-refractivity contribution in [3.63, 3.8) is 0 Å². The molecule has 0 saturated heterocycles. The van der Waals surface area contributed by atoms with Crippen LogP contribution < -0.4 is 0 Å². The van der Waals surface area contributed by atoms with E-state index in [1.807, 2.05) is 0 Å². The van der Waals surface area contributed by atoms with E-state index >= 15 is 0 Å². The van der Waals surface area contributed by atoms with Gasteiger partial charge in [0.05, 0.1) is 5.75 Å². The van der Waals surface area contributed by atoms with E-state index in [1.165, 1.54) is 38.4 Å². The van der Waals surface area contributed by atoms with Crippen LogP contribution in [0, 0.1) is 35.5 Å². The molecule has 6 atom stereocenters. The molecule has 0 N–H and O–H groups in total. The van der Waals surface area contributed by atoms with Crippen LogP contribution in [0.15, 0.2) is 0 Å². The zero-order valence-electron chi connectivity index (χ0n) is 10.9. The SMILES string of the molecule is CCC1CC(CS(C)(=O)=O)C2C3CCC(C3)C12. The summed E-state index contributed by atoms with van der Waals surface area (Å²) in [5.74, 6) is 5.21. The van der Waals surface area contributed by atoms with Gasteiger partial charge in [-0.15, -0.1) is 0 Å². The minimum absolute atomic E-state index is 0.452. The first-order valence-corrected chi connectivity index (χ1v) is 9.23. The fraction of sp³-hybridized carbons (Fsp3) is 1.00. The van der Waals surface area contributed by atoms with Gasteiger partial charge in [0.15, 0.2) is 0 Å². The Labute approximate surface area is 105 Å². The molecule has 3 fully saturated rings. The molecule has 3 aliphatic rings. The van der Waals surface area contributed by atoms with Gasteiger partial charge in [-0.25, -0.2) is 8.42 Å². The zero-order chi connectivity index (χ0) is 12.2. The van der Waals surface area contributed by atoms with Crippen molar-refractivity contribution < 1.29 is 8.42 Å². The molecule has 3 rings (SSSR count). The molecule has 0 spiro atoms. The van der Waals surface area contributed by atoms with Gasteiger partial charge >= 0.3 is 0 Å². The molecule has 0 aliphatic heterocycles. The highest BCUT2D eigenvalue weighted by Gasteiger charge is 2.56. The predicted octanol–water partition coefficient (Wildman–Crippen LogP) is 2.74. The van der Waals surface area contributed by atoms with E-state index < -0.39 is 9.84 Å². The Morgan fingerprint density at radius 2 is 1.59 bits per heavy atom. The van der Waals surface area contributed by atoms with Crippen molar-refractivity contribution in [2.24, 2.45) is 35.5 Å². The van der Waals surface area contributed by atoms with Gasteiger partial charge < -0.3 is 0 Å². The lowest BCUT2D eigenvalue weighted by atomic mass is 9.76. The number of fused-ring (bicyclic) bond motifs is 5. The van der Waals surface area contributed by atoms with Crippen LogP contribution in [0.1, 0.15) is 39.0 Å². The Morgan fingerprint density at radius 1 is 1.00 bits per heavy atom. The van der Waals surface area contributed by atoms with Crippen LogP contribution in [0.5, 0.6) is 0 Å². The van der Waals surface area contributed by atoms with Crippen LogP contribution >= 0.6 is 0 Å². The summed E-state index contributed by atoms with van der Waals surface area (Å²) in [6.45, 7) is 2.29. The highest BCUT2D eigenvalue weighted by atomic mass is 32.2. The first-order valence-electron chi connectivity index (χ1n) is 7.17. The van der Waals surface area contributed by atoms with Gasteiger partial charge in [-0.05, 0) is 61.2 Å². The third-order valence-corrected chi connectivity index (χ3v) is 6.82. The summed E-state index contributed by atoms with van der Waals surface area (Å²) < 4.78 is 23.2. The maximum atomic E-state index is 11.6. The number of sulfone groups is 1. The van der Waals surface area contributed by atoms with Crippen molar-refractivity contribution in [1.82, 2.24) is 0 Å². The summed E-state index contributed by atoms with van der Waals surface area (Å²) in [5.41, 5.74) is 0. The Balaban J connectivity index is 1.83. The molecule has 0 amide bonds. The summed E-state index contributed by atoms with van der Waals surface area (Å²) in [5, 5.41) is 0. The predicted molar refractivity (Wildman–Crippen MR) is 69.4 cm³/mol. The Kier molecular flexibility index (Phi) is 2.81. The summed E-state index contributed by atoms with van der Waals surface area (Å²) in [6.07, 6.45) is 8.06. The van der Waals surface area contributed by atoms with Crippen LogP contribution in [-0.4, -0.2) is 20.4 Å². The van der Waals surface area contributed by atoms with E-state index in [0.717, 1.165) is 29.6 Å². The lowest BCUT2D eigenvalue weighted by molar-refractivity contribution is 0.191. The summed E-state index contributed by atoms with van der Waals surface area (Å²) >= 11 is 0. The molecule has 3 heteroatoms. The zero-order valence-corrected chi connectivity index (χ0v) is 11.7. The normalized spacial score (nSPS) is 48.6. The maximum Gasteiger partial charge on any atom is 0.147 e. The van der Waals surface area contributed by atoms with E-state index in [4.69, 9.17) is 0 Å². The third kappa shape index (κ3) is 1.94.